The summed E-state index contributed by atoms with van der Waals surface area (Å²) >= 11 is 0. The lowest BCUT2D eigenvalue weighted by atomic mass is 9.78. The molecule has 2 aromatic rings. The van der Waals surface area contributed by atoms with Gasteiger partial charge < -0.3 is 40.0 Å². The summed E-state index contributed by atoms with van der Waals surface area (Å²) in [5, 5.41) is 35.2. The van der Waals surface area contributed by atoms with E-state index in [2.05, 4.69) is 10.6 Å². The van der Waals surface area contributed by atoms with Crippen molar-refractivity contribution in [2.45, 2.75) is 51.1 Å². The zero-order valence-electron chi connectivity index (χ0n) is 21.8. The molecular weight excluding hydrogens is 520 g/mol. The van der Waals surface area contributed by atoms with Crippen LogP contribution in [0.4, 0.5) is 0 Å². The molecule has 3 heterocycles. The number of aliphatic hydroxyl groups excluding tert-OH is 1. The maximum absolute atomic E-state index is 13.6. The first-order valence-corrected chi connectivity index (χ1v) is 13.0. The highest BCUT2D eigenvalue weighted by Gasteiger charge is 2.42. The number of Topliss-reactive ketones (excluding diaryl/α,β-unsaturated/α-hetero) is 1. The molecular formula is C26H29B2N3O9. The normalized spacial score (nSPS) is 20.2. The average Bonchev–Trinajstić information content (AvgIpc) is 3.64. The molecule has 3 aliphatic heterocycles. The fourth-order valence-corrected chi connectivity index (χ4v) is 5.36. The van der Waals surface area contributed by atoms with Crippen LogP contribution in [0, 0.1) is 0 Å². The molecule has 14 heteroatoms. The molecule has 208 valence electrons. The van der Waals surface area contributed by atoms with Crippen molar-refractivity contribution in [2.24, 2.45) is 0 Å². The molecule has 12 nitrogen and oxygen atoms in total. The summed E-state index contributed by atoms with van der Waals surface area (Å²) in [7, 11) is -2.26. The van der Waals surface area contributed by atoms with Gasteiger partial charge in [-0.1, -0.05) is 12.1 Å². The van der Waals surface area contributed by atoms with Crippen molar-refractivity contribution < 1.29 is 43.6 Å². The number of aliphatic hydroxyl groups is 1. The van der Waals surface area contributed by atoms with Crippen molar-refractivity contribution in [3.63, 3.8) is 0 Å². The Morgan fingerprint density at radius 2 is 1.60 bits per heavy atom. The molecule has 0 unspecified atom stereocenters. The second-order valence-corrected chi connectivity index (χ2v) is 10.3. The predicted molar refractivity (Wildman–Crippen MR) is 143 cm³/mol. The first-order chi connectivity index (χ1) is 19.1. The van der Waals surface area contributed by atoms with Crippen molar-refractivity contribution in [1.82, 2.24) is 15.5 Å². The zero-order chi connectivity index (χ0) is 28.6. The van der Waals surface area contributed by atoms with Gasteiger partial charge in [0.1, 0.15) is 11.8 Å². The number of likely N-dealkylation sites (tertiary alicyclic amines) is 1. The van der Waals surface area contributed by atoms with Gasteiger partial charge in [-0.25, -0.2) is 0 Å². The van der Waals surface area contributed by atoms with E-state index < -0.39 is 56.7 Å². The fourth-order valence-electron chi connectivity index (χ4n) is 5.36. The summed E-state index contributed by atoms with van der Waals surface area (Å²) in [5.74, 6) is -1.70. The van der Waals surface area contributed by atoms with Gasteiger partial charge >= 0.3 is 14.2 Å². The third kappa shape index (κ3) is 5.67. The van der Waals surface area contributed by atoms with E-state index in [-0.39, 0.29) is 43.9 Å². The third-order valence-corrected chi connectivity index (χ3v) is 7.43. The van der Waals surface area contributed by atoms with Crippen LogP contribution in [0.3, 0.4) is 0 Å². The molecule has 5 N–H and O–H groups in total. The Kier molecular flexibility index (Phi) is 8.06. The molecule has 0 aromatic heterocycles. The highest BCUT2D eigenvalue weighted by atomic mass is 16.5. The highest BCUT2D eigenvalue weighted by molar-refractivity contribution is 6.62. The van der Waals surface area contributed by atoms with Gasteiger partial charge in [-0.15, -0.1) is 0 Å². The number of rotatable bonds is 8. The Hall–Kier alpha value is -3.55. The van der Waals surface area contributed by atoms with Crippen LogP contribution in [0.15, 0.2) is 36.4 Å². The Labute approximate surface area is 230 Å². The lowest BCUT2D eigenvalue weighted by Crippen LogP contribution is -2.50. The van der Waals surface area contributed by atoms with Crippen LogP contribution in [-0.2, 0) is 32.1 Å². The number of carbonyl (C=O) groups excluding carboxylic acids is 4. The van der Waals surface area contributed by atoms with Crippen molar-refractivity contribution >= 4 is 48.7 Å². The second kappa shape index (κ2) is 11.5. The van der Waals surface area contributed by atoms with Gasteiger partial charge in [-0.3, -0.25) is 19.2 Å². The van der Waals surface area contributed by atoms with Crippen LogP contribution in [0.5, 0.6) is 0 Å². The lowest BCUT2D eigenvalue weighted by molar-refractivity contribution is -0.126. The van der Waals surface area contributed by atoms with E-state index in [0.29, 0.717) is 16.5 Å². The molecule has 3 atom stereocenters. The second-order valence-electron chi connectivity index (χ2n) is 10.3. The molecule has 1 saturated heterocycles. The van der Waals surface area contributed by atoms with Crippen molar-refractivity contribution in [1.29, 1.82) is 0 Å². The number of benzene rings is 2. The number of carbonyl (C=O) groups is 4. The number of fused-ring (bicyclic) bond motifs is 2. The minimum Gasteiger partial charge on any atom is -0.423 e. The number of nitrogens with one attached hydrogen (secondary N) is 2. The lowest BCUT2D eigenvalue weighted by Gasteiger charge is -2.26. The SMILES string of the molecule is CC(=O)C[C@@H](CO)NC(=O)[C@@H]1C[C@@H](NC(=O)c2ccc3c(c2)B(O)OC3)CN1C(=O)c1ccc2c(c1)B(O)OC2. The van der Waals surface area contributed by atoms with Crippen LogP contribution in [-0.4, -0.2) is 89.1 Å². The number of hydrogen-bond acceptors (Lipinski definition) is 9. The van der Waals surface area contributed by atoms with E-state index in [1.807, 2.05) is 0 Å². The van der Waals surface area contributed by atoms with Crippen molar-refractivity contribution in [2.75, 3.05) is 13.2 Å². The fraction of sp³-hybridized carbons (Fsp3) is 0.385. The molecule has 0 radical (unpaired) electrons. The largest absolute Gasteiger partial charge is 0.491 e. The van der Waals surface area contributed by atoms with E-state index in [1.165, 1.54) is 17.9 Å². The van der Waals surface area contributed by atoms with Crippen LogP contribution in [0.25, 0.3) is 0 Å². The van der Waals surface area contributed by atoms with Gasteiger partial charge in [0.2, 0.25) is 5.91 Å². The van der Waals surface area contributed by atoms with Crippen LogP contribution in [0.2, 0.25) is 0 Å². The molecule has 0 aliphatic carbocycles. The molecule has 2 aromatic carbocycles. The monoisotopic (exact) mass is 549 g/mol. The summed E-state index contributed by atoms with van der Waals surface area (Å²) in [5.41, 5.74) is 3.06. The predicted octanol–water partition coefficient (Wildman–Crippen LogP) is -2.41. The Bertz CT molecular complexity index is 1360. The molecule has 0 spiro atoms. The van der Waals surface area contributed by atoms with Crippen molar-refractivity contribution in [3.8, 4) is 0 Å². The van der Waals surface area contributed by atoms with E-state index in [4.69, 9.17) is 9.31 Å². The molecule has 3 aliphatic rings. The first kappa shape index (κ1) is 28.0. The summed E-state index contributed by atoms with van der Waals surface area (Å²) in [4.78, 5) is 52.9. The molecule has 5 rings (SSSR count). The summed E-state index contributed by atoms with van der Waals surface area (Å²) in [6.45, 7) is 1.38. The van der Waals surface area contributed by atoms with Gasteiger partial charge in [-0.05, 0) is 59.7 Å². The van der Waals surface area contributed by atoms with Crippen LogP contribution in [0.1, 0.15) is 51.6 Å². The molecule has 3 amide bonds. The third-order valence-electron chi connectivity index (χ3n) is 7.43. The van der Waals surface area contributed by atoms with Crippen LogP contribution >= 0.6 is 0 Å². The maximum Gasteiger partial charge on any atom is 0.491 e. The van der Waals surface area contributed by atoms with Gasteiger partial charge in [0.15, 0.2) is 0 Å². The molecule has 0 saturated carbocycles. The number of ketones is 1. The first-order valence-electron chi connectivity index (χ1n) is 13.0. The topological polar surface area (TPSA) is 175 Å². The van der Waals surface area contributed by atoms with E-state index in [1.54, 1.807) is 30.3 Å². The van der Waals surface area contributed by atoms with Crippen LogP contribution < -0.4 is 21.6 Å². The van der Waals surface area contributed by atoms with E-state index >= 15 is 0 Å². The Balaban J connectivity index is 1.36. The Morgan fingerprint density at radius 1 is 1.00 bits per heavy atom. The molecule has 0 bridgehead atoms. The highest BCUT2D eigenvalue weighted by Crippen LogP contribution is 2.23. The molecule has 40 heavy (non-hydrogen) atoms. The summed E-state index contributed by atoms with van der Waals surface area (Å²) < 4.78 is 10.4. The smallest absolute Gasteiger partial charge is 0.423 e. The quantitative estimate of drug-likeness (QED) is 0.225. The minimum absolute atomic E-state index is 0.0198. The van der Waals surface area contributed by atoms with Gasteiger partial charge in [0.05, 0.1) is 25.9 Å². The number of nitrogens with zero attached hydrogens (tertiary/aromatic N) is 1. The standard InChI is InChI=1S/C26H29B2N3O9/c1-14(33)6-20(11-32)30-25(35)23-9-19(29-24(34)15-2-4-17-12-39-27(37)21(17)7-15)10-31(23)26(36)16-3-5-18-13-40-28(38)22(18)8-16/h2-5,7-8,19-20,23,32,37-38H,6,9-13H2,1H3,(H,29,34)(H,30,35)/t19-,20+,23+/m1/s1. The average molecular weight is 549 g/mol. The number of amides is 3. The molecule has 1 fully saturated rings. The minimum atomic E-state index is -1.15. The maximum atomic E-state index is 13.6. The summed E-state index contributed by atoms with van der Waals surface area (Å²) in [6.07, 6.45) is 0.0224. The van der Waals surface area contributed by atoms with Crippen molar-refractivity contribution in [3.05, 3.63) is 58.7 Å². The van der Waals surface area contributed by atoms with Gasteiger partial charge in [0, 0.05) is 30.1 Å². The van der Waals surface area contributed by atoms with Gasteiger partial charge in [-0.2, -0.15) is 0 Å². The number of hydrogen-bond donors (Lipinski definition) is 5. The summed E-state index contributed by atoms with van der Waals surface area (Å²) in [6, 6.07) is 7.27. The zero-order valence-corrected chi connectivity index (χ0v) is 21.8. The van der Waals surface area contributed by atoms with E-state index in [9.17, 15) is 34.3 Å². The van der Waals surface area contributed by atoms with E-state index in [0.717, 1.165) is 11.1 Å². The van der Waals surface area contributed by atoms with Gasteiger partial charge in [0.25, 0.3) is 11.8 Å². The Morgan fingerprint density at radius 3 is 2.20 bits per heavy atom.